The second-order valence-electron chi connectivity index (χ2n) is 11.6. The van der Waals surface area contributed by atoms with Crippen LogP contribution >= 0.6 is 0 Å². The molecule has 7 heteroatoms. The molecule has 1 N–H and O–H groups in total. The molecule has 3 rings (SSSR count). The van der Waals surface area contributed by atoms with Crippen LogP contribution < -0.4 is 5.32 Å². The number of para-hydroxylation sites is 1. The molecular formula is C33H50N3O4+. The average Bonchev–Trinajstić information content (AvgIpc) is 2.93. The first-order chi connectivity index (χ1) is 19.4. The van der Waals surface area contributed by atoms with Crippen molar-refractivity contribution in [1.29, 1.82) is 0 Å². The Morgan fingerprint density at radius 3 is 2.20 bits per heavy atom. The van der Waals surface area contributed by atoms with E-state index in [0.717, 1.165) is 62.3 Å². The fourth-order valence-corrected chi connectivity index (χ4v) is 5.40. The topological polar surface area (TPSA) is 67.9 Å². The van der Waals surface area contributed by atoms with Crippen LogP contribution in [0.3, 0.4) is 0 Å². The second kappa shape index (κ2) is 17.0. The first-order valence-electron chi connectivity index (χ1n) is 15.2. The van der Waals surface area contributed by atoms with Crippen LogP contribution in [0.15, 0.2) is 54.6 Å². The van der Waals surface area contributed by atoms with E-state index in [2.05, 4.69) is 24.3 Å². The lowest BCUT2D eigenvalue weighted by Gasteiger charge is -2.31. The van der Waals surface area contributed by atoms with Crippen LogP contribution in [-0.2, 0) is 14.3 Å². The van der Waals surface area contributed by atoms with Crippen LogP contribution in [-0.4, -0.2) is 81.0 Å². The highest BCUT2D eigenvalue weighted by molar-refractivity contribution is 5.91. The van der Waals surface area contributed by atoms with Crippen molar-refractivity contribution in [3.63, 3.8) is 0 Å². The molecule has 0 radical (unpaired) electrons. The normalized spacial score (nSPS) is 14.6. The predicted octanol–water partition coefficient (Wildman–Crippen LogP) is 6.74. The lowest BCUT2D eigenvalue weighted by molar-refractivity contribution is -0.883. The molecule has 0 aliphatic carbocycles. The van der Waals surface area contributed by atoms with Gasteiger partial charge in [0, 0.05) is 18.7 Å². The molecule has 1 heterocycles. The van der Waals surface area contributed by atoms with E-state index in [4.69, 9.17) is 9.47 Å². The van der Waals surface area contributed by atoms with Crippen molar-refractivity contribution in [3.8, 4) is 11.1 Å². The van der Waals surface area contributed by atoms with Crippen LogP contribution in [0.5, 0.6) is 0 Å². The maximum Gasteiger partial charge on any atom is 0.411 e. The van der Waals surface area contributed by atoms with Crippen molar-refractivity contribution in [2.24, 2.45) is 0 Å². The molecule has 2 aromatic rings. The number of esters is 1. The minimum absolute atomic E-state index is 0.0268. The number of amides is 1. The second-order valence-corrected chi connectivity index (χ2v) is 11.6. The zero-order valence-electron chi connectivity index (χ0n) is 24.9. The monoisotopic (exact) mass is 552 g/mol. The standard InChI is InChI=1S/C33H49N3O4/c1-4-39-32(37)27-36(2,3)26-16-9-7-5-6-8-15-23-35-24-21-29(22-25-35)40-33(38)34-31-20-14-13-19-30(31)28-17-11-10-12-18-28/h10-14,17-20,29H,4-9,15-16,21-27H2,1-3H3/p+1. The molecule has 0 aromatic heterocycles. The number of ether oxygens (including phenoxy) is 2. The number of quaternary nitrogens is 1. The number of hydrogen-bond donors (Lipinski definition) is 1. The number of rotatable bonds is 16. The molecular weight excluding hydrogens is 502 g/mol. The first-order valence-corrected chi connectivity index (χ1v) is 15.2. The smallest absolute Gasteiger partial charge is 0.411 e. The van der Waals surface area contributed by atoms with Crippen molar-refractivity contribution < 1.29 is 23.5 Å². The van der Waals surface area contributed by atoms with Crippen LogP contribution in [0.4, 0.5) is 10.5 Å². The number of carbonyl (C=O) groups excluding carboxylic acids is 2. The number of likely N-dealkylation sites (N-methyl/N-ethyl adjacent to an activating group) is 1. The quantitative estimate of drug-likeness (QED) is 0.142. The Kier molecular flexibility index (Phi) is 13.5. The molecule has 0 unspecified atom stereocenters. The zero-order valence-corrected chi connectivity index (χ0v) is 24.9. The van der Waals surface area contributed by atoms with E-state index in [1.54, 1.807) is 0 Å². The summed E-state index contributed by atoms with van der Waals surface area (Å²) in [5.74, 6) is -0.101. The van der Waals surface area contributed by atoms with Gasteiger partial charge < -0.3 is 18.9 Å². The number of hydrogen-bond acceptors (Lipinski definition) is 5. The fourth-order valence-electron chi connectivity index (χ4n) is 5.40. The van der Waals surface area contributed by atoms with Gasteiger partial charge in [0.25, 0.3) is 0 Å². The molecule has 1 aliphatic heterocycles. The van der Waals surface area contributed by atoms with Gasteiger partial charge in [-0.05, 0) is 57.2 Å². The number of piperidine rings is 1. The van der Waals surface area contributed by atoms with Gasteiger partial charge in [-0.15, -0.1) is 0 Å². The minimum atomic E-state index is -0.372. The molecule has 220 valence electrons. The van der Waals surface area contributed by atoms with Crippen molar-refractivity contribution >= 4 is 17.7 Å². The summed E-state index contributed by atoms with van der Waals surface area (Å²) in [4.78, 5) is 26.9. The van der Waals surface area contributed by atoms with E-state index in [0.29, 0.717) is 17.6 Å². The molecule has 1 aliphatic rings. The Morgan fingerprint density at radius 2 is 1.50 bits per heavy atom. The van der Waals surface area contributed by atoms with Crippen molar-refractivity contribution in [3.05, 3.63) is 54.6 Å². The Balaban J connectivity index is 1.22. The lowest BCUT2D eigenvalue weighted by atomic mass is 10.0. The summed E-state index contributed by atoms with van der Waals surface area (Å²) in [7, 11) is 4.21. The van der Waals surface area contributed by atoms with Gasteiger partial charge in [-0.1, -0.05) is 74.2 Å². The highest BCUT2D eigenvalue weighted by atomic mass is 16.6. The van der Waals surface area contributed by atoms with Gasteiger partial charge in [-0.25, -0.2) is 9.59 Å². The summed E-state index contributed by atoms with van der Waals surface area (Å²) in [6.07, 6.45) is 10.1. The zero-order chi connectivity index (χ0) is 28.6. The summed E-state index contributed by atoms with van der Waals surface area (Å²) < 4.78 is 11.6. The molecule has 0 atom stereocenters. The van der Waals surface area contributed by atoms with E-state index < -0.39 is 0 Å². The van der Waals surface area contributed by atoms with Gasteiger partial charge in [0.15, 0.2) is 6.54 Å². The Morgan fingerprint density at radius 1 is 0.875 bits per heavy atom. The van der Waals surface area contributed by atoms with Crippen molar-refractivity contribution in [2.45, 2.75) is 70.8 Å². The third-order valence-corrected chi connectivity index (χ3v) is 7.66. The SMILES string of the molecule is CCOC(=O)C[N+](C)(C)CCCCCCCCCN1CCC(OC(=O)Nc2ccccc2-c2ccccc2)CC1. The fraction of sp³-hybridized carbons (Fsp3) is 0.576. The number of unbranched alkanes of at least 4 members (excludes halogenated alkanes) is 6. The molecule has 40 heavy (non-hydrogen) atoms. The molecule has 0 saturated carbocycles. The van der Waals surface area contributed by atoms with E-state index in [-0.39, 0.29) is 18.2 Å². The third-order valence-electron chi connectivity index (χ3n) is 7.66. The average molecular weight is 553 g/mol. The number of anilines is 1. The van der Waals surface area contributed by atoms with Gasteiger partial charge in [0.1, 0.15) is 6.10 Å². The van der Waals surface area contributed by atoms with Crippen LogP contribution in [0.1, 0.15) is 64.7 Å². The molecule has 1 amide bonds. The summed E-state index contributed by atoms with van der Waals surface area (Å²) >= 11 is 0. The Hall–Kier alpha value is -2.90. The molecule has 1 fully saturated rings. The van der Waals surface area contributed by atoms with Gasteiger partial charge in [-0.3, -0.25) is 5.32 Å². The van der Waals surface area contributed by atoms with E-state index >= 15 is 0 Å². The van der Waals surface area contributed by atoms with Gasteiger partial charge in [0.05, 0.1) is 32.9 Å². The van der Waals surface area contributed by atoms with Crippen LogP contribution in [0, 0.1) is 0 Å². The maximum absolute atomic E-state index is 12.6. The van der Waals surface area contributed by atoms with E-state index in [9.17, 15) is 9.59 Å². The summed E-state index contributed by atoms with van der Waals surface area (Å²) in [5, 5.41) is 2.96. The highest BCUT2D eigenvalue weighted by Crippen LogP contribution is 2.28. The van der Waals surface area contributed by atoms with E-state index in [1.165, 1.54) is 38.5 Å². The summed E-state index contributed by atoms with van der Waals surface area (Å²) in [5.41, 5.74) is 2.83. The first kappa shape index (κ1) is 31.6. The number of carbonyl (C=O) groups is 2. The summed E-state index contributed by atoms with van der Waals surface area (Å²) in [6.45, 7) is 6.87. The van der Waals surface area contributed by atoms with Gasteiger partial charge in [-0.2, -0.15) is 0 Å². The van der Waals surface area contributed by atoms with Gasteiger partial charge >= 0.3 is 12.1 Å². The van der Waals surface area contributed by atoms with Crippen molar-refractivity contribution in [1.82, 2.24) is 4.90 Å². The predicted molar refractivity (Wildman–Crippen MR) is 162 cm³/mol. The third kappa shape index (κ3) is 11.7. The van der Waals surface area contributed by atoms with Crippen molar-refractivity contribution in [2.75, 3.05) is 58.7 Å². The number of nitrogens with one attached hydrogen (secondary N) is 1. The maximum atomic E-state index is 12.6. The number of nitrogens with zero attached hydrogens (tertiary/aromatic N) is 2. The van der Waals surface area contributed by atoms with Gasteiger partial charge in [0.2, 0.25) is 0 Å². The number of likely N-dealkylation sites (tertiary alicyclic amines) is 1. The Bertz CT molecular complexity index is 1020. The molecule has 0 spiro atoms. The van der Waals surface area contributed by atoms with Crippen LogP contribution in [0.25, 0.3) is 11.1 Å². The highest BCUT2D eigenvalue weighted by Gasteiger charge is 2.23. The molecule has 0 bridgehead atoms. The van der Waals surface area contributed by atoms with Crippen LogP contribution in [0.2, 0.25) is 0 Å². The molecule has 7 nitrogen and oxygen atoms in total. The summed E-state index contributed by atoms with van der Waals surface area (Å²) in [6, 6.07) is 17.9. The molecule has 1 saturated heterocycles. The van der Waals surface area contributed by atoms with E-state index in [1.807, 2.05) is 61.5 Å². The minimum Gasteiger partial charge on any atom is -0.462 e. The number of benzene rings is 2. The molecule has 2 aromatic carbocycles. The Labute approximate surface area is 241 Å². The lowest BCUT2D eigenvalue weighted by Crippen LogP contribution is -2.45. The largest absolute Gasteiger partial charge is 0.462 e.